The van der Waals surface area contributed by atoms with Gasteiger partial charge >= 0.3 is 0 Å². The molecule has 7 nitrogen and oxygen atoms in total. The maximum absolute atomic E-state index is 12.8. The molecule has 1 amide bonds. The number of likely N-dealkylation sites (tertiary alicyclic amines) is 1. The number of ether oxygens (including phenoxy) is 2. The quantitative estimate of drug-likeness (QED) is 0.437. The summed E-state index contributed by atoms with van der Waals surface area (Å²) in [5, 5.41) is 3.36. The lowest BCUT2D eigenvalue weighted by atomic mass is 10.0. The van der Waals surface area contributed by atoms with E-state index >= 15 is 0 Å². The second-order valence-corrected chi connectivity index (χ2v) is 7.21. The zero-order valence-corrected chi connectivity index (χ0v) is 16.2. The van der Waals surface area contributed by atoms with Crippen LogP contribution in [0.4, 0.5) is 5.69 Å². The van der Waals surface area contributed by atoms with Crippen LogP contribution in [0, 0.1) is 0 Å². The fraction of sp³-hybridized carbons (Fsp3) is 0.579. The van der Waals surface area contributed by atoms with E-state index in [0.29, 0.717) is 35.6 Å². The number of rotatable bonds is 7. The zero-order valence-electron chi connectivity index (χ0n) is 15.4. The number of amides is 1. The summed E-state index contributed by atoms with van der Waals surface area (Å²) >= 11 is 6.23. The molecule has 0 aliphatic carbocycles. The summed E-state index contributed by atoms with van der Waals surface area (Å²) in [6.45, 7) is 4.14. The average molecular weight is 394 g/mol. The largest absolute Gasteiger partial charge is 0.492 e. The highest BCUT2D eigenvalue weighted by atomic mass is 35.5. The highest BCUT2D eigenvalue weighted by molar-refractivity contribution is 6.33. The summed E-state index contributed by atoms with van der Waals surface area (Å²) in [6.07, 6.45) is 4.91. The fourth-order valence-electron chi connectivity index (χ4n) is 3.66. The first-order valence-corrected chi connectivity index (χ1v) is 9.60. The molecule has 8 heteroatoms. The van der Waals surface area contributed by atoms with Crippen molar-refractivity contribution in [3.05, 3.63) is 22.2 Å². The van der Waals surface area contributed by atoms with E-state index in [9.17, 15) is 9.59 Å². The Morgan fingerprint density at radius 3 is 2.96 bits per heavy atom. The molecule has 0 bridgehead atoms. The number of nitrogens with zero attached hydrogens (tertiary/aromatic N) is 2. The number of fused-ring (bicyclic) bond motifs is 1. The molecule has 2 aliphatic rings. The van der Waals surface area contributed by atoms with E-state index in [1.165, 1.54) is 12.1 Å². The van der Waals surface area contributed by atoms with Crippen LogP contribution < -0.4 is 10.1 Å². The number of benzene rings is 1. The van der Waals surface area contributed by atoms with Crippen LogP contribution in [0.1, 0.15) is 35.2 Å². The van der Waals surface area contributed by atoms with E-state index in [4.69, 9.17) is 21.1 Å². The van der Waals surface area contributed by atoms with Gasteiger partial charge in [-0.2, -0.15) is 4.99 Å². The number of carbonyl (C=O) groups is 1. The molecule has 0 aromatic heterocycles. The second-order valence-electron chi connectivity index (χ2n) is 6.80. The number of hydrogen-bond acceptors (Lipinski definition) is 6. The van der Waals surface area contributed by atoms with Crippen LogP contribution in [0.5, 0.6) is 5.75 Å². The first-order chi connectivity index (χ1) is 13.1. The minimum atomic E-state index is -0.200. The summed E-state index contributed by atoms with van der Waals surface area (Å²) in [7, 11) is 1.71. The molecule has 27 heavy (non-hydrogen) atoms. The number of hydrogen-bond donors (Lipinski definition) is 1. The molecule has 1 saturated heterocycles. The number of methoxy groups -OCH3 is 1. The van der Waals surface area contributed by atoms with Gasteiger partial charge in [0, 0.05) is 51.4 Å². The molecule has 2 aliphatic heterocycles. The van der Waals surface area contributed by atoms with Crippen LogP contribution in [-0.4, -0.2) is 62.9 Å². The molecule has 0 saturated carbocycles. The van der Waals surface area contributed by atoms with E-state index in [2.05, 4.69) is 15.2 Å². The van der Waals surface area contributed by atoms with Crippen LogP contribution in [-0.2, 0) is 16.0 Å². The molecule has 1 fully saturated rings. The Morgan fingerprint density at radius 2 is 2.26 bits per heavy atom. The molecule has 146 valence electrons. The molecule has 1 aromatic carbocycles. The third-order valence-electron chi connectivity index (χ3n) is 5.05. The van der Waals surface area contributed by atoms with Gasteiger partial charge < -0.3 is 19.7 Å². The van der Waals surface area contributed by atoms with Crippen molar-refractivity contribution in [3.63, 3.8) is 0 Å². The Kier molecular flexibility index (Phi) is 6.85. The first-order valence-electron chi connectivity index (χ1n) is 9.22. The standard InChI is InChI=1S/C19H24ClN3O4/c1-26-9-2-6-23-7-3-13(4-8-23)22-19(25)15-11-16(20)17(21-12-24)14-5-10-27-18(14)15/h11,13H,2-10H2,1H3,(H,22,25). The number of carbonyl (C=O) groups excluding carboxylic acids is 2. The van der Waals surface area contributed by atoms with Gasteiger partial charge in [0.2, 0.25) is 6.08 Å². The number of piperidine rings is 1. The van der Waals surface area contributed by atoms with Gasteiger partial charge in [0.1, 0.15) is 11.4 Å². The van der Waals surface area contributed by atoms with Crippen molar-refractivity contribution in [2.75, 3.05) is 40.0 Å². The number of nitrogens with one attached hydrogen (secondary N) is 1. The van der Waals surface area contributed by atoms with Crippen LogP contribution in [0.25, 0.3) is 0 Å². The monoisotopic (exact) mass is 393 g/mol. The highest BCUT2D eigenvalue weighted by Gasteiger charge is 2.28. The number of aliphatic imine (C=N–C) groups is 1. The average Bonchev–Trinajstić information content (AvgIpc) is 3.15. The SMILES string of the molecule is COCCCN1CCC(NC(=O)c2cc(Cl)c(N=C=O)c3c2OCC3)CC1. The van der Waals surface area contributed by atoms with Gasteiger partial charge in [-0.25, -0.2) is 4.79 Å². The van der Waals surface area contributed by atoms with Crippen molar-refractivity contribution >= 4 is 29.3 Å². The zero-order chi connectivity index (χ0) is 19.2. The van der Waals surface area contributed by atoms with Gasteiger partial charge in [-0.05, 0) is 25.3 Å². The maximum atomic E-state index is 12.8. The molecule has 0 radical (unpaired) electrons. The first kappa shape index (κ1) is 19.8. The van der Waals surface area contributed by atoms with Crippen molar-refractivity contribution in [3.8, 4) is 5.75 Å². The summed E-state index contributed by atoms with van der Waals surface area (Å²) in [6, 6.07) is 1.65. The lowest BCUT2D eigenvalue weighted by Crippen LogP contribution is -2.45. The van der Waals surface area contributed by atoms with Crippen molar-refractivity contribution in [1.82, 2.24) is 10.2 Å². The fourth-order valence-corrected chi connectivity index (χ4v) is 3.92. The van der Waals surface area contributed by atoms with Gasteiger partial charge in [0.05, 0.1) is 17.2 Å². The Labute approximate surface area is 163 Å². The van der Waals surface area contributed by atoms with E-state index < -0.39 is 0 Å². The smallest absolute Gasteiger partial charge is 0.255 e. The van der Waals surface area contributed by atoms with Crippen molar-refractivity contribution < 1.29 is 19.1 Å². The van der Waals surface area contributed by atoms with E-state index in [1.54, 1.807) is 7.11 Å². The predicted molar refractivity (Wildman–Crippen MR) is 102 cm³/mol. The van der Waals surface area contributed by atoms with Crippen LogP contribution in [0.15, 0.2) is 11.1 Å². The third-order valence-corrected chi connectivity index (χ3v) is 5.34. The van der Waals surface area contributed by atoms with Gasteiger partial charge in [-0.1, -0.05) is 11.6 Å². The van der Waals surface area contributed by atoms with Crippen LogP contribution >= 0.6 is 11.6 Å². The summed E-state index contributed by atoms with van der Waals surface area (Å²) in [4.78, 5) is 29.5. The summed E-state index contributed by atoms with van der Waals surface area (Å²) < 4.78 is 10.7. The Bertz CT molecular complexity index is 741. The molecule has 0 spiro atoms. The number of halogens is 1. The lowest BCUT2D eigenvalue weighted by molar-refractivity contribution is 0.0904. The maximum Gasteiger partial charge on any atom is 0.255 e. The van der Waals surface area contributed by atoms with Crippen molar-refractivity contribution in [2.45, 2.75) is 31.7 Å². The van der Waals surface area contributed by atoms with E-state index in [-0.39, 0.29) is 17.0 Å². The highest BCUT2D eigenvalue weighted by Crippen LogP contribution is 2.41. The van der Waals surface area contributed by atoms with Gasteiger partial charge in [0.25, 0.3) is 5.91 Å². The second kappa shape index (κ2) is 9.33. The minimum Gasteiger partial charge on any atom is -0.492 e. The summed E-state index contributed by atoms with van der Waals surface area (Å²) in [5.41, 5.74) is 1.45. The third kappa shape index (κ3) is 4.68. The molecule has 0 atom stereocenters. The van der Waals surface area contributed by atoms with Crippen LogP contribution in [0.2, 0.25) is 5.02 Å². The van der Waals surface area contributed by atoms with Gasteiger partial charge in [0.15, 0.2) is 0 Å². The molecular formula is C19H24ClN3O4. The Balaban J connectivity index is 1.63. The van der Waals surface area contributed by atoms with Gasteiger partial charge in [-0.3, -0.25) is 4.79 Å². The van der Waals surface area contributed by atoms with Crippen molar-refractivity contribution in [1.29, 1.82) is 0 Å². The molecule has 2 heterocycles. The molecule has 1 aromatic rings. The predicted octanol–water partition coefficient (Wildman–Crippen LogP) is 2.47. The van der Waals surface area contributed by atoms with Gasteiger partial charge in [-0.15, -0.1) is 0 Å². The number of isocyanates is 1. The topological polar surface area (TPSA) is 80.2 Å². The molecule has 0 unspecified atom stereocenters. The van der Waals surface area contributed by atoms with E-state index in [0.717, 1.165) is 45.5 Å². The van der Waals surface area contributed by atoms with Crippen molar-refractivity contribution in [2.24, 2.45) is 4.99 Å². The lowest BCUT2D eigenvalue weighted by Gasteiger charge is -2.32. The van der Waals surface area contributed by atoms with E-state index in [1.807, 2.05) is 0 Å². The Hall–Kier alpha value is -1.92. The normalized spacial score (nSPS) is 17.1. The van der Waals surface area contributed by atoms with Crippen LogP contribution in [0.3, 0.4) is 0 Å². The molecule has 3 rings (SSSR count). The minimum absolute atomic E-state index is 0.125. The Morgan fingerprint density at radius 1 is 1.48 bits per heavy atom. The summed E-state index contributed by atoms with van der Waals surface area (Å²) in [5.74, 6) is 0.275. The molecule has 1 N–H and O–H groups in total. The molecular weight excluding hydrogens is 370 g/mol.